The molecule has 4 aromatic rings. The van der Waals surface area contributed by atoms with Crippen LogP contribution in [0.3, 0.4) is 0 Å². The Balaban J connectivity index is 1.11. The molecule has 3 heterocycles. The van der Waals surface area contributed by atoms with Crippen LogP contribution in [-0.2, 0) is 6.54 Å². The van der Waals surface area contributed by atoms with Gasteiger partial charge in [-0.05, 0) is 49.2 Å². The quantitative estimate of drug-likeness (QED) is 0.397. The minimum Gasteiger partial charge on any atom is -0.496 e. The second kappa shape index (κ2) is 11.3. The third kappa shape index (κ3) is 5.98. The van der Waals surface area contributed by atoms with Crippen molar-refractivity contribution in [2.45, 2.75) is 25.4 Å². The number of carbonyl (C=O) groups is 1. The first-order valence-corrected chi connectivity index (χ1v) is 12.3. The molecule has 0 atom stereocenters. The Morgan fingerprint density at radius 3 is 2.49 bits per heavy atom. The number of halogens is 1. The summed E-state index contributed by atoms with van der Waals surface area (Å²) in [5.74, 6) is 0.931. The number of para-hydroxylation sites is 1. The Morgan fingerprint density at radius 1 is 1.00 bits per heavy atom. The number of ether oxygens (including phenoxy) is 1. The number of piperidine rings is 1. The van der Waals surface area contributed by atoms with Gasteiger partial charge >= 0.3 is 0 Å². The standard InChI is InChI=1S/C29H28FN5O2/c1-37-27-8-3-2-7-25(27)28-32-16-20(17-33-28)19-35-13-11-24(12-14-35)34-29(36)22-9-10-26(31-18-22)21-5-4-6-23(30)15-21/h2-10,15-18,24H,11-14,19H2,1H3,(H,34,36). The molecule has 0 saturated carbocycles. The number of rotatable bonds is 7. The Labute approximate surface area is 215 Å². The average Bonchev–Trinajstić information content (AvgIpc) is 2.94. The van der Waals surface area contributed by atoms with Gasteiger partial charge in [-0.1, -0.05) is 24.3 Å². The van der Waals surface area contributed by atoms with Gasteiger partial charge in [-0.15, -0.1) is 0 Å². The van der Waals surface area contributed by atoms with Gasteiger partial charge in [0.2, 0.25) is 0 Å². The first-order chi connectivity index (χ1) is 18.1. The molecule has 0 bridgehead atoms. The molecule has 1 amide bonds. The molecule has 7 nitrogen and oxygen atoms in total. The molecule has 1 fully saturated rings. The summed E-state index contributed by atoms with van der Waals surface area (Å²) >= 11 is 0. The van der Waals surface area contributed by atoms with Crippen LogP contribution in [0.2, 0.25) is 0 Å². The number of methoxy groups -OCH3 is 1. The van der Waals surface area contributed by atoms with Gasteiger partial charge < -0.3 is 10.1 Å². The lowest BCUT2D eigenvalue weighted by molar-refractivity contribution is 0.0908. The summed E-state index contributed by atoms with van der Waals surface area (Å²) in [7, 11) is 1.64. The number of amides is 1. The number of carbonyl (C=O) groups excluding carboxylic acids is 1. The monoisotopic (exact) mass is 497 g/mol. The van der Waals surface area contributed by atoms with Crippen molar-refractivity contribution in [2.75, 3.05) is 20.2 Å². The molecule has 8 heteroatoms. The number of nitrogens with zero attached hydrogens (tertiary/aromatic N) is 4. The fourth-order valence-corrected chi connectivity index (χ4v) is 4.51. The highest BCUT2D eigenvalue weighted by Gasteiger charge is 2.22. The van der Waals surface area contributed by atoms with Gasteiger partial charge in [0.05, 0.1) is 23.9 Å². The van der Waals surface area contributed by atoms with Crippen LogP contribution in [0.5, 0.6) is 5.75 Å². The maximum Gasteiger partial charge on any atom is 0.253 e. The van der Waals surface area contributed by atoms with Crippen LogP contribution in [0.25, 0.3) is 22.6 Å². The highest BCUT2D eigenvalue weighted by atomic mass is 19.1. The van der Waals surface area contributed by atoms with Gasteiger partial charge in [0.25, 0.3) is 5.91 Å². The van der Waals surface area contributed by atoms with Crippen LogP contribution in [-0.4, -0.2) is 52.0 Å². The fraction of sp³-hybridized carbons (Fsp3) is 0.241. The number of hydrogen-bond donors (Lipinski definition) is 1. The normalized spacial score (nSPS) is 14.3. The molecule has 1 aliphatic rings. The second-order valence-electron chi connectivity index (χ2n) is 9.08. The van der Waals surface area contributed by atoms with Crippen molar-refractivity contribution in [3.8, 4) is 28.4 Å². The Morgan fingerprint density at radius 2 is 1.78 bits per heavy atom. The maximum absolute atomic E-state index is 13.5. The van der Waals surface area contributed by atoms with Crippen molar-refractivity contribution in [2.24, 2.45) is 0 Å². The number of nitrogens with one attached hydrogen (secondary N) is 1. The number of likely N-dealkylation sites (tertiary alicyclic amines) is 1. The Bertz CT molecular complexity index is 1350. The largest absolute Gasteiger partial charge is 0.496 e. The summed E-state index contributed by atoms with van der Waals surface area (Å²) in [4.78, 5) is 28.5. The minimum absolute atomic E-state index is 0.107. The smallest absolute Gasteiger partial charge is 0.253 e. The van der Waals surface area contributed by atoms with Crippen molar-refractivity contribution in [3.63, 3.8) is 0 Å². The molecular weight excluding hydrogens is 469 g/mol. The molecule has 0 radical (unpaired) electrons. The van der Waals surface area contributed by atoms with Crippen LogP contribution in [0.4, 0.5) is 4.39 Å². The van der Waals surface area contributed by atoms with E-state index in [0.29, 0.717) is 22.6 Å². The summed E-state index contributed by atoms with van der Waals surface area (Å²) < 4.78 is 18.9. The van der Waals surface area contributed by atoms with Crippen LogP contribution in [0.15, 0.2) is 79.3 Å². The zero-order chi connectivity index (χ0) is 25.6. The molecule has 188 valence electrons. The lowest BCUT2D eigenvalue weighted by atomic mass is 10.0. The molecule has 0 unspecified atom stereocenters. The molecule has 2 aromatic carbocycles. The summed E-state index contributed by atoms with van der Waals surface area (Å²) in [5, 5.41) is 3.12. The van der Waals surface area contributed by atoms with Crippen molar-refractivity contribution in [1.29, 1.82) is 0 Å². The van der Waals surface area contributed by atoms with Gasteiger partial charge in [-0.2, -0.15) is 0 Å². The van der Waals surface area contributed by atoms with Crippen molar-refractivity contribution in [1.82, 2.24) is 25.2 Å². The highest BCUT2D eigenvalue weighted by molar-refractivity contribution is 5.94. The van der Waals surface area contributed by atoms with Crippen LogP contribution >= 0.6 is 0 Å². The van der Waals surface area contributed by atoms with E-state index in [2.05, 4.69) is 25.2 Å². The predicted octanol–water partition coefficient (Wildman–Crippen LogP) is 4.75. The number of hydrogen-bond acceptors (Lipinski definition) is 6. The number of aromatic nitrogens is 3. The molecule has 1 saturated heterocycles. The lowest BCUT2D eigenvalue weighted by Gasteiger charge is -2.32. The molecule has 0 aliphatic carbocycles. The van der Waals surface area contributed by atoms with E-state index in [1.54, 1.807) is 37.6 Å². The van der Waals surface area contributed by atoms with E-state index in [1.165, 1.54) is 12.1 Å². The molecule has 2 aromatic heterocycles. The summed E-state index contributed by atoms with van der Waals surface area (Å²) in [5.41, 5.74) is 3.72. The first kappa shape index (κ1) is 24.5. The molecule has 37 heavy (non-hydrogen) atoms. The Hall–Kier alpha value is -4.17. The van der Waals surface area contributed by atoms with Crippen molar-refractivity contribution < 1.29 is 13.9 Å². The first-order valence-electron chi connectivity index (χ1n) is 12.3. The third-order valence-electron chi connectivity index (χ3n) is 6.53. The third-order valence-corrected chi connectivity index (χ3v) is 6.53. The van der Waals surface area contributed by atoms with Crippen molar-refractivity contribution >= 4 is 5.91 Å². The average molecular weight is 498 g/mol. The molecule has 0 spiro atoms. The van der Waals surface area contributed by atoms with Crippen LogP contribution in [0, 0.1) is 5.82 Å². The minimum atomic E-state index is -0.315. The van der Waals surface area contributed by atoms with Gasteiger partial charge in [0.15, 0.2) is 5.82 Å². The van der Waals surface area contributed by atoms with Gasteiger partial charge in [-0.3, -0.25) is 14.7 Å². The van der Waals surface area contributed by atoms with E-state index >= 15 is 0 Å². The zero-order valence-corrected chi connectivity index (χ0v) is 20.6. The van der Waals surface area contributed by atoms with Crippen LogP contribution < -0.4 is 10.1 Å². The van der Waals surface area contributed by atoms with E-state index in [-0.39, 0.29) is 17.8 Å². The second-order valence-corrected chi connectivity index (χ2v) is 9.08. The zero-order valence-electron chi connectivity index (χ0n) is 20.6. The summed E-state index contributed by atoms with van der Waals surface area (Å²) in [6, 6.07) is 17.5. The molecular formula is C29H28FN5O2. The SMILES string of the molecule is COc1ccccc1-c1ncc(CN2CCC(NC(=O)c3ccc(-c4cccc(F)c4)nc3)CC2)cn1. The number of pyridine rings is 1. The van der Waals surface area contributed by atoms with E-state index in [0.717, 1.165) is 49.4 Å². The van der Waals surface area contributed by atoms with Crippen LogP contribution in [0.1, 0.15) is 28.8 Å². The van der Waals surface area contributed by atoms with E-state index in [1.807, 2.05) is 36.7 Å². The van der Waals surface area contributed by atoms with Gasteiger partial charge in [-0.25, -0.2) is 14.4 Å². The fourth-order valence-electron chi connectivity index (χ4n) is 4.51. The van der Waals surface area contributed by atoms with E-state index in [9.17, 15) is 9.18 Å². The highest BCUT2D eigenvalue weighted by Crippen LogP contribution is 2.26. The van der Waals surface area contributed by atoms with Crippen molar-refractivity contribution in [3.05, 3.63) is 96.2 Å². The number of benzene rings is 2. The topological polar surface area (TPSA) is 80.2 Å². The Kier molecular flexibility index (Phi) is 7.46. The summed E-state index contributed by atoms with van der Waals surface area (Å²) in [6.45, 7) is 2.50. The summed E-state index contributed by atoms with van der Waals surface area (Å²) in [6.07, 6.45) is 6.99. The maximum atomic E-state index is 13.5. The molecule has 1 aliphatic heterocycles. The van der Waals surface area contributed by atoms with Gasteiger partial charge in [0, 0.05) is 55.4 Å². The molecule has 5 rings (SSSR count). The van der Waals surface area contributed by atoms with E-state index in [4.69, 9.17) is 4.74 Å². The predicted molar refractivity (Wildman–Crippen MR) is 139 cm³/mol. The molecule has 1 N–H and O–H groups in total. The van der Waals surface area contributed by atoms with E-state index < -0.39 is 0 Å². The lowest BCUT2D eigenvalue weighted by Crippen LogP contribution is -2.44. The van der Waals surface area contributed by atoms with Gasteiger partial charge in [0.1, 0.15) is 11.6 Å².